The molecule has 0 unspecified atom stereocenters. The molecule has 3 rings (SSSR count). The Bertz CT molecular complexity index is 623. The van der Waals surface area contributed by atoms with Crippen LogP contribution in [-0.2, 0) is 6.54 Å². The summed E-state index contributed by atoms with van der Waals surface area (Å²) in [6, 6.07) is 13.6. The molecule has 1 saturated carbocycles. The highest BCUT2D eigenvalue weighted by molar-refractivity contribution is 5.93. The summed E-state index contributed by atoms with van der Waals surface area (Å²) in [5.74, 6) is 0.762. The van der Waals surface area contributed by atoms with Gasteiger partial charge in [0, 0.05) is 25.0 Å². The van der Waals surface area contributed by atoms with Gasteiger partial charge < -0.3 is 10.6 Å². The zero-order chi connectivity index (χ0) is 15.2. The van der Waals surface area contributed by atoms with Crippen molar-refractivity contribution in [1.82, 2.24) is 10.3 Å². The molecule has 1 aromatic carbocycles. The fourth-order valence-electron chi connectivity index (χ4n) is 2.36. The van der Waals surface area contributed by atoms with E-state index in [2.05, 4.69) is 15.6 Å². The molecule has 1 heterocycles. The number of nitrogens with zero attached hydrogens (tertiary/aromatic N) is 1. The lowest BCUT2D eigenvalue weighted by molar-refractivity contribution is 0.0946. The van der Waals surface area contributed by atoms with Gasteiger partial charge in [0.2, 0.25) is 0 Å². The number of pyridine rings is 1. The topological polar surface area (TPSA) is 54.0 Å². The smallest absolute Gasteiger partial charge is 0.270 e. The van der Waals surface area contributed by atoms with Gasteiger partial charge in [0.1, 0.15) is 5.69 Å². The van der Waals surface area contributed by atoms with Crippen molar-refractivity contribution in [2.75, 3.05) is 11.9 Å². The van der Waals surface area contributed by atoms with Gasteiger partial charge in [0.05, 0.1) is 0 Å². The van der Waals surface area contributed by atoms with Crippen LogP contribution in [0.15, 0.2) is 48.7 Å². The predicted molar refractivity (Wildman–Crippen MR) is 87.7 cm³/mol. The number of amides is 1. The maximum atomic E-state index is 12.2. The SMILES string of the molecule is O=C(NCc1ccccc1)c1cc(NCCC2CC2)ccn1. The monoisotopic (exact) mass is 295 g/mol. The lowest BCUT2D eigenvalue weighted by Crippen LogP contribution is -2.23. The van der Waals surface area contributed by atoms with Crippen molar-refractivity contribution in [2.24, 2.45) is 5.92 Å². The van der Waals surface area contributed by atoms with Crippen molar-refractivity contribution < 1.29 is 4.79 Å². The first-order chi connectivity index (χ1) is 10.8. The number of carbonyl (C=O) groups excluding carboxylic acids is 1. The van der Waals surface area contributed by atoms with Crippen LogP contribution in [0.5, 0.6) is 0 Å². The van der Waals surface area contributed by atoms with Crippen LogP contribution in [-0.4, -0.2) is 17.4 Å². The van der Waals surface area contributed by atoms with Crippen LogP contribution in [0.4, 0.5) is 5.69 Å². The van der Waals surface area contributed by atoms with Gasteiger partial charge >= 0.3 is 0 Å². The molecule has 1 aromatic heterocycles. The number of nitrogens with one attached hydrogen (secondary N) is 2. The highest BCUT2D eigenvalue weighted by Crippen LogP contribution is 2.32. The Morgan fingerprint density at radius 3 is 2.77 bits per heavy atom. The molecule has 4 nitrogen and oxygen atoms in total. The lowest BCUT2D eigenvalue weighted by Gasteiger charge is -2.08. The van der Waals surface area contributed by atoms with Crippen molar-refractivity contribution in [1.29, 1.82) is 0 Å². The van der Waals surface area contributed by atoms with E-state index in [0.717, 1.165) is 23.7 Å². The largest absolute Gasteiger partial charge is 0.385 e. The first-order valence-corrected chi connectivity index (χ1v) is 7.83. The van der Waals surface area contributed by atoms with Gasteiger partial charge in [0.25, 0.3) is 5.91 Å². The Balaban J connectivity index is 1.52. The molecule has 114 valence electrons. The fraction of sp³-hybridized carbons (Fsp3) is 0.333. The molecule has 0 spiro atoms. The minimum Gasteiger partial charge on any atom is -0.385 e. The van der Waals surface area contributed by atoms with Crippen molar-refractivity contribution in [3.8, 4) is 0 Å². The Morgan fingerprint density at radius 1 is 1.18 bits per heavy atom. The van der Waals surface area contributed by atoms with Crippen molar-refractivity contribution >= 4 is 11.6 Å². The Morgan fingerprint density at radius 2 is 2.00 bits per heavy atom. The molecule has 0 radical (unpaired) electrons. The molecule has 0 bridgehead atoms. The minimum absolute atomic E-state index is 0.144. The van der Waals surface area contributed by atoms with Gasteiger partial charge in [-0.05, 0) is 30.0 Å². The maximum absolute atomic E-state index is 12.2. The van der Waals surface area contributed by atoms with Crippen LogP contribution >= 0.6 is 0 Å². The highest BCUT2D eigenvalue weighted by atomic mass is 16.1. The van der Waals surface area contributed by atoms with Crippen LogP contribution in [0.2, 0.25) is 0 Å². The van der Waals surface area contributed by atoms with E-state index in [9.17, 15) is 4.79 Å². The van der Waals surface area contributed by atoms with Crippen molar-refractivity contribution in [3.63, 3.8) is 0 Å². The van der Waals surface area contributed by atoms with Gasteiger partial charge in [-0.25, -0.2) is 0 Å². The number of carbonyl (C=O) groups is 1. The quantitative estimate of drug-likeness (QED) is 0.824. The molecule has 4 heteroatoms. The highest BCUT2D eigenvalue weighted by Gasteiger charge is 2.20. The van der Waals surface area contributed by atoms with Crippen molar-refractivity contribution in [3.05, 3.63) is 59.9 Å². The van der Waals surface area contributed by atoms with Crippen LogP contribution in [0.25, 0.3) is 0 Å². The second kappa shape index (κ2) is 7.07. The number of aromatic nitrogens is 1. The summed E-state index contributed by atoms with van der Waals surface area (Å²) >= 11 is 0. The first kappa shape index (κ1) is 14.6. The molecule has 1 aliphatic rings. The molecule has 0 aliphatic heterocycles. The summed E-state index contributed by atoms with van der Waals surface area (Å²) in [5.41, 5.74) is 2.49. The van der Waals surface area contributed by atoms with E-state index in [1.807, 2.05) is 42.5 Å². The molecule has 2 N–H and O–H groups in total. The summed E-state index contributed by atoms with van der Waals surface area (Å²) < 4.78 is 0. The number of benzene rings is 1. The summed E-state index contributed by atoms with van der Waals surface area (Å²) in [6.45, 7) is 1.47. The minimum atomic E-state index is -0.144. The molecular formula is C18H21N3O. The predicted octanol–water partition coefficient (Wildman–Crippen LogP) is 3.22. The van der Waals surface area contributed by atoms with Crippen molar-refractivity contribution in [2.45, 2.75) is 25.8 Å². The Labute approximate surface area is 131 Å². The normalized spacial score (nSPS) is 13.6. The van der Waals surface area contributed by atoms with Gasteiger partial charge in [-0.3, -0.25) is 9.78 Å². The first-order valence-electron chi connectivity index (χ1n) is 7.83. The van der Waals surface area contributed by atoms with E-state index < -0.39 is 0 Å². The fourth-order valence-corrected chi connectivity index (χ4v) is 2.36. The van der Waals surface area contributed by atoms with Crippen LogP contribution in [0, 0.1) is 5.92 Å². The standard InChI is InChI=1S/C18H21N3O/c22-18(21-13-15-4-2-1-3-5-15)17-12-16(9-11-20-17)19-10-8-14-6-7-14/h1-5,9,11-12,14H,6-8,10,13H2,(H,19,20)(H,21,22). The zero-order valence-electron chi connectivity index (χ0n) is 12.6. The van der Waals surface area contributed by atoms with Gasteiger partial charge in [-0.15, -0.1) is 0 Å². The van der Waals surface area contributed by atoms with Crippen LogP contribution in [0.3, 0.4) is 0 Å². The molecule has 0 atom stereocenters. The van der Waals surface area contributed by atoms with E-state index in [4.69, 9.17) is 0 Å². The number of hydrogen-bond donors (Lipinski definition) is 2. The molecule has 1 amide bonds. The number of hydrogen-bond acceptors (Lipinski definition) is 3. The second-order valence-corrected chi connectivity index (χ2v) is 5.76. The summed E-state index contributed by atoms with van der Waals surface area (Å²) in [7, 11) is 0. The Hall–Kier alpha value is -2.36. The maximum Gasteiger partial charge on any atom is 0.270 e. The van der Waals surface area contributed by atoms with E-state index in [1.165, 1.54) is 19.3 Å². The summed E-state index contributed by atoms with van der Waals surface area (Å²) in [6.07, 6.45) is 5.62. The van der Waals surface area contributed by atoms with E-state index in [0.29, 0.717) is 12.2 Å². The van der Waals surface area contributed by atoms with Crippen LogP contribution in [0.1, 0.15) is 35.3 Å². The van der Waals surface area contributed by atoms with E-state index in [-0.39, 0.29) is 5.91 Å². The summed E-state index contributed by atoms with van der Waals surface area (Å²) in [5, 5.41) is 6.26. The molecule has 2 aromatic rings. The molecule has 22 heavy (non-hydrogen) atoms. The average Bonchev–Trinajstić information content (AvgIpc) is 3.38. The molecule has 1 fully saturated rings. The number of rotatable bonds is 7. The Kier molecular flexibility index (Phi) is 4.68. The lowest BCUT2D eigenvalue weighted by atomic mass is 10.2. The zero-order valence-corrected chi connectivity index (χ0v) is 12.6. The third-order valence-corrected chi connectivity index (χ3v) is 3.87. The summed E-state index contributed by atoms with van der Waals surface area (Å²) in [4.78, 5) is 16.3. The number of anilines is 1. The van der Waals surface area contributed by atoms with Gasteiger partial charge in [0.15, 0.2) is 0 Å². The second-order valence-electron chi connectivity index (χ2n) is 5.76. The average molecular weight is 295 g/mol. The van der Waals surface area contributed by atoms with Crippen LogP contribution < -0.4 is 10.6 Å². The third-order valence-electron chi connectivity index (χ3n) is 3.87. The third kappa shape index (κ3) is 4.32. The van der Waals surface area contributed by atoms with E-state index >= 15 is 0 Å². The molecular weight excluding hydrogens is 274 g/mol. The molecule has 1 aliphatic carbocycles. The van der Waals surface area contributed by atoms with Gasteiger partial charge in [-0.1, -0.05) is 43.2 Å². The van der Waals surface area contributed by atoms with E-state index in [1.54, 1.807) is 6.20 Å². The molecule has 0 saturated heterocycles. The van der Waals surface area contributed by atoms with Gasteiger partial charge in [-0.2, -0.15) is 0 Å².